The Labute approximate surface area is 212 Å². The van der Waals surface area contributed by atoms with Gasteiger partial charge in [-0.25, -0.2) is 0 Å². The lowest BCUT2D eigenvalue weighted by atomic mass is 9.84. The molecule has 0 aliphatic heterocycles. The molecular weight excluding hydrogens is 476 g/mol. The summed E-state index contributed by atoms with van der Waals surface area (Å²) in [6.07, 6.45) is 6.20. The Morgan fingerprint density at radius 1 is 1.00 bits per heavy atom. The number of hydrogen-bond donors (Lipinski definition) is 1. The second-order valence-corrected chi connectivity index (χ2v) is 9.67. The van der Waals surface area contributed by atoms with E-state index in [2.05, 4.69) is 33.0 Å². The highest BCUT2D eigenvalue weighted by molar-refractivity contribution is 7.99. The van der Waals surface area contributed by atoms with Crippen molar-refractivity contribution in [3.05, 3.63) is 94.0 Å². The lowest BCUT2D eigenvalue weighted by Crippen LogP contribution is -2.14. The van der Waals surface area contributed by atoms with Gasteiger partial charge < -0.3 is 5.32 Å². The van der Waals surface area contributed by atoms with Crippen molar-refractivity contribution in [2.24, 2.45) is 0 Å². The maximum absolute atomic E-state index is 13.3. The standard InChI is InChI=1S/C26H24N6O3S/c33-25(27-20-13-11-19(12-14-20)18-7-3-1-4-8-18)23-17-22(32(34)35)15-16-24(23)36-26-28-29-30-31(26)21-9-5-2-6-10-21/h2,5-6,9-18H,1,3-4,7-8H2,(H,27,33). The second kappa shape index (κ2) is 10.7. The number of para-hydroxylation sites is 1. The van der Waals surface area contributed by atoms with Gasteiger partial charge in [-0.15, -0.1) is 5.10 Å². The van der Waals surface area contributed by atoms with E-state index in [9.17, 15) is 14.9 Å². The number of carbonyl (C=O) groups is 1. The van der Waals surface area contributed by atoms with Gasteiger partial charge in [0.25, 0.3) is 11.6 Å². The largest absolute Gasteiger partial charge is 0.322 e. The van der Waals surface area contributed by atoms with Gasteiger partial charge in [-0.2, -0.15) is 4.68 Å². The molecule has 1 aromatic heterocycles. The molecule has 1 saturated carbocycles. The Bertz CT molecular complexity index is 1370. The zero-order valence-corrected chi connectivity index (χ0v) is 20.2. The van der Waals surface area contributed by atoms with Crippen molar-refractivity contribution < 1.29 is 9.72 Å². The maximum Gasteiger partial charge on any atom is 0.270 e. The van der Waals surface area contributed by atoms with Crippen LogP contribution in [0.3, 0.4) is 0 Å². The molecule has 36 heavy (non-hydrogen) atoms. The molecule has 0 saturated heterocycles. The van der Waals surface area contributed by atoms with E-state index >= 15 is 0 Å². The zero-order valence-electron chi connectivity index (χ0n) is 19.4. The molecule has 10 heteroatoms. The number of non-ortho nitro benzene ring substituents is 1. The molecule has 0 spiro atoms. The highest BCUT2D eigenvalue weighted by Crippen LogP contribution is 2.34. The van der Waals surface area contributed by atoms with Crippen LogP contribution in [0, 0.1) is 10.1 Å². The summed E-state index contributed by atoms with van der Waals surface area (Å²) in [5, 5.41) is 26.6. The predicted octanol–water partition coefficient (Wildman–Crippen LogP) is 6.02. The van der Waals surface area contributed by atoms with Crippen LogP contribution in [-0.2, 0) is 0 Å². The van der Waals surface area contributed by atoms with E-state index in [4.69, 9.17) is 0 Å². The predicted molar refractivity (Wildman–Crippen MR) is 137 cm³/mol. The SMILES string of the molecule is O=C(Nc1ccc(C2CCCCC2)cc1)c1cc([N+](=O)[O-])ccc1Sc1nnnn1-c1ccccc1. The Kier molecular flexibility index (Phi) is 7.03. The van der Waals surface area contributed by atoms with Crippen LogP contribution >= 0.6 is 11.8 Å². The summed E-state index contributed by atoms with van der Waals surface area (Å²) in [7, 11) is 0. The number of amides is 1. The highest BCUT2D eigenvalue weighted by atomic mass is 32.2. The topological polar surface area (TPSA) is 116 Å². The average molecular weight is 501 g/mol. The molecule has 0 bridgehead atoms. The van der Waals surface area contributed by atoms with Crippen molar-refractivity contribution in [3.8, 4) is 5.69 Å². The maximum atomic E-state index is 13.3. The van der Waals surface area contributed by atoms with Gasteiger partial charge in [-0.3, -0.25) is 14.9 Å². The van der Waals surface area contributed by atoms with Crippen LogP contribution in [0.15, 0.2) is 82.8 Å². The van der Waals surface area contributed by atoms with Crippen molar-refractivity contribution in [2.75, 3.05) is 5.32 Å². The molecule has 5 rings (SSSR count). The van der Waals surface area contributed by atoms with Crippen LogP contribution in [-0.4, -0.2) is 31.0 Å². The third-order valence-corrected chi connectivity index (χ3v) is 7.32. The first-order valence-electron chi connectivity index (χ1n) is 11.8. The minimum absolute atomic E-state index is 0.167. The number of nitrogens with zero attached hydrogens (tertiary/aromatic N) is 5. The number of nitrogens with one attached hydrogen (secondary N) is 1. The summed E-state index contributed by atoms with van der Waals surface area (Å²) in [5.74, 6) is 0.129. The van der Waals surface area contributed by atoms with Crippen LogP contribution in [0.2, 0.25) is 0 Å². The number of tetrazole rings is 1. The molecule has 9 nitrogen and oxygen atoms in total. The Balaban J connectivity index is 1.40. The van der Waals surface area contributed by atoms with Crippen molar-refractivity contribution in [2.45, 2.75) is 48.1 Å². The first-order valence-corrected chi connectivity index (χ1v) is 12.6. The van der Waals surface area contributed by atoms with E-state index in [0.29, 0.717) is 21.7 Å². The molecular formula is C26H24N6O3S. The Hall–Kier alpha value is -4.05. The lowest BCUT2D eigenvalue weighted by molar-refractivity contribution is -0.384. The monoisotopic (exact) mass is 500 g/mol. The van der Waals surface area contributed by atoms with Crippen LogP contribution in [0.5, 0.6) is 0 Å². The van der Waals surface area contributed by atoms with Crippen molar-refractivity contribution in [1.29, 1.82) is 0 Å². The number of carbonyl (C=O) groups excluding carboxylic acids is 1. The average Bonchev–Trinajstić information content (AvgIpc) is 3.38. The van der Waals surface area contributed by atoms with Gasteiger partial charge in [0.05, 0.1) is 16.2 Å². The van der Waals surface area contributed by atoms with Crippen LogP contribution in [0.25, 0.3) is 5.69 Å². The summed E-state index contributed by atoms with van der Waals surface area (Å²) in [6.45, 7) is 0. The fourth-order valence-corrected chi connectivity index (χ4v) is 5.34. The number of benzene rings is 3. The van der Waals surface area contributed by atoms with Crippen molar-refractivity contribution in [1.82, 2.24) is 20.2 Å². The number of rotatable bonds is 7. The molecule has 1 N–H and O–H groups in total. The third-order valence-electron chi connectivity index (χ3n) is 6.31. The summed E-state index contributed by atoms with van der Waals surface area (Å²) in [5.41, 5.74) is 2.69. The smallest absolute Gasteiger partial charge is 0.270 e. The van der Waals surface area contributed by atoms with Gasteiger partial charge in [-0.1, -0.05) is 49.6 Å². The normalized spacial score (nSPS) is 13.9. The molecule has 0 atom stereocenters. The van der Waals surface area contributed by atoms with Gasteiger partial charge in [0.15, 0.2) is 0 Å². The molecule has 0 radical (unpaired) electrons. The highest BCUT2D eigenvalue weighted by Gasteiger charge is 2.21. The first kappa shape index (κ1) is 23.7. The van der Waals surface area contributed by atoms with Gasteiger partial charge >= 0.3 is 0 Å². The van der Waals surface area contributed by atoms with E-state index in [1.807, 2.05) is 42.5 Å². The van der Waals surface area contributed by atoms with E-state index < -0.39 is 10.8 Å². The van der Waals surface area contributed by atoms with Gasteiger partial charge in [0.1, 0.15) is 0 Å². The molecule has 1 heterocycles. The van der Waals surface area contributed by atoms with E-state index in [0.717, 1.165) is 5.69 Å². The fraction of sp³-hybridized carbons (Fsp3) is 0.231. The molecule has 1 fully saturated rings. The number of nitro groups is 1. The summed E-state index contributed by atoms with van der Waals surface area (Å²) < 4.78 is 1.55. The Morgan fingerprint density at radius 2 is 1.75 bits per heavy atom. The minimum atomic E-state index is -0.516. The minimum Gasteiger partial charge on any atom is -0.322 e. The summed E-state index contributed by atoms with van der Waals surface area (Å²) >= 11 is 1.17. The molecule has 1 aliphatic rings. The number of hydrogen-bond acceptors (Lipinski definition) is 7. The van der Waals surface area contributed by atoms with Gasteiger partial charge in [0.2, 0.25) is 5.16 Å². The van der Waals surface area contributed by atoms with E-state index in [1.165, 1.54) is 61.6 Å². The molecule has 3 aromatic carbocycles. The molecule has 182 valence electrons. The number of nitro benzene ring substituents is 1. The first-order chi connectivity index (χ1) is 17.6. The summed E-state index contributed by atoms with van der Waals surface area (Å²) in [4.78, 5) is 24.7. The number of aromatic nitrogens is 4. The second-order valence-electron chi connectivity index (χ2n) is 8.66. The lowest BCUT2D eigenvalue weighted by Gasteiger charge is -2.22. The molecule has 1 amide bonds. The van der Waals surface area contributed by atoms with Crippen molar-refractivity contribution in [3.63, 3.8) is 0 Å². The van der Waals surface area contributed by atoms with Crippen LogP contribution in [0.1, 0.15) is 53.9 Å². The zero-order chi connectivity index (χ0) is 24.9. The third kappa shape index (κ3) is 5.28. The number of anilines is 1. The van der Waals surface area contributed by atoms with Crippen molar-refractivity contribution >= 4 is 29.0 Å². The molecule has 0 unspecified atom stereocenters. The fourth-order valence-electron chi connectivity index (χ4n) is 4.44. The van der Waals surface area contributed by atoms with Crippen LogP contribution < -0.4 is 5.32 Å². The molecule has 4 aromatic rings. The molecule has 1 aliphatic carbocycles. The van der Waals surface area contributed by atoms with E-state index in [-0.39, 0.29) is 11.3 Å². The summed E-state index contributed by atoms with van der Waals surface area (Å²) in [6, 6.07) is 21.5. The van der Waals surface area contributed by atoms with Gasteiger partial charge in [0, 0.05) is 22.7 Å². The van der Waals surface area contributed by atoms with E-state index in [1.54, 1.807) is 10.7 Å². The quantitative estimate of drug-likeness (QED) is 0.244. The van der Waals surface area contributed by atoms with Gasteiger partial charge in [-0.05, 0) is 76.8 Å². The Morgan fingerprint density at radius 3 is 2.47 bits per heavy atom. The van der Waals surface area contributed by atoms with Crippen LogP contribution in [0.4, 0.5) is 11.4 Å².